The molecule has 0 saturated heterocycles. The average molecular weight is 308 g/mol. The zero-order valence-corrected chi connectivity index (χ0v) is 13.4. The van der Waals surface area contributed by atoms with E-state index in [1.54, 1.807) is 19.2 Å². The van der Waals surface area contributed by atoms with E-state index in [4.69, 9.17) is 4.99 Å². The van der Waals surface area contributed by atoms with E-state index < -0.39 is 0 Å². The van der Waals surface area contributed by atoms with E-state index in [1.807, 2.05) is 24.3 Å². The van der Waals surface area contributed by atoms with E-state index in [0.29, 0.717) is 34.6 Å². The summed E-state index contributed by atoms with van der Waals surface area (Å²) in [6.07, 6.45) is 2.02. The Morgan fingerprint density at radius 3 is 2.52 bits per heavy atom. The van der Waals surface area contributed by atoms with Gasteiger partial charge in [0.25, 0.3) is 0 Å². The Hall–Kier alpha value is -2.62. The molecule has 0 radical (unpaired) electrons. The Morgan fingerprint density at radius 2 is 1.83 bits per heavy atom. The van der Waals surface area contributed by atoms with Gasteiger partial charge in [-0.05, 0) is 18.6 Å². The van der Waals surface area contributed by atoms with E-state index in [-0.39, 0.29) is 11.5 Å². The largest absolute Gasteiger partial charge is 0.505 e. The number of benzene rings is 2. The van der Waals surface area contributed by atoms with Gasteiger partial charge >= 0.3 is 0 Å². The molecule has 0 saturated carbocycles. The number of carbonyl (C=O) groups is 1. The zero-order chi connectivity index (χ0) is 16.4. The van der Waals surface area contributed by atoms with Crippen LogP contribution >= 0.6 is 0 Å². The van der Waals surface area contributed by atoms with E-state index in [9.17, 15) is 9.90 Å². The zero-order valence-electron chi connectivity index (χ0n) is 13.4. The van der Waals surface area contributed by atoms with Crippen molar-refractivity contribution in [1.29, 1.82) is 0 Å². The molecule has 0 spiro atoms. The molecule has 0 atom stereocenters. The van der Waals surface area contributed by atoms with Crippen LogP contribution in [-0.2, 0) is 0 Å². The van der Waals surface area contributed by atoms with Crippen molar-refractivity contribution in [3.8, 4) is 5.75 Å². The molecular formula is C19H20N2O2. The standard InChI is InChI=1S/C19H20N2O2/c1-3-4-11-21-17-12-7-5-6-8-13(12)18(22)14-9-10-15(20-2)19(23)16(14)17/h5-10,20,23H,3-4,11H2,1-2H3. The molecule has 4 nitrogen and oxygen atoms in total. The van der Waals surface area contributed by atoms with Gasteiger partial charge in [0.2, 0.25) is 0 Å². The molecule has 3 rings (SSSR count). The Balaban J connectivity index is 2.25. The third kappa shape index (κ3) is 2.50. The van der Waals surface area contributed by atoms with Crippen LogP contribution in [0, 0.1) is 0 Å². The fourth-order valence-corrected chi connectivity index (χ4v) is 2.90. The molecule has 0 fully saturated rings. The van der Waals surface area contributed by atoms with E-state index >= 15 is 0 Å². The number of ketones is 1. The lowest BCUT2D eigenvalue weighted by atomic mass is 9.82. The summed E-state index contributed by atoms with van der Waals surface area (Å²) in [7, 11) is 1.74. The molecule has 2 N–H and O–H groups in total. The van der Waals surface area contributed by atoms with Gasteiger partial charge in [0.1, 0.15) is 5.75 Å². The van der Waals surface area contributed by atoms with Crippen LogP contribution in [0.15, 0.2) is 41.4 Å². The van der Waals surface area contributed by atoms with Gasteiger partial charge in [-0.15, -0.1) is 0 Å². The first-order valence-corrected chi connectivity index (χ1v) is 7.91. The van der Waals surface area contributed by atoms with Crippen LogP contribution in [0.4, 0.5) is 5.69 Å². The fourth-order valence-electron chi connectivity index (χ4n) is 2.90. The summed E-state index contributed by atoms with van der Waals surface area (Å²) >= 11 is 0. The summed E-state index contributed by atoms with van der Waals surface area (Å²) < 4.78 is 0. The van der Waals surface area contributed by atoms with Crippen molar-refractivity contribution in [1.82, 2.24) is 0 Å². The number of phenolic OH excluding ortho intramolecular Hbond substituents is 1. The summed E-state index contributed by atoms with van der Waals surface area (Å²) in [5, 5.41) is 13.6. The second-order valence-corrected chi connectivity index (χ2v) is 5.59. The number of hydrogen-bond donors (Lipinski definition) is 2. The molecule has 0 aromatic heterocycles. The second kappa shape index (κ2) is 6.24. The highest BCUT2D eigenvalue weighted by Crippen LogP contribution is 2.37. The number of nitrogens with one attached hydrogen (secondary N) is 1. The SMILES string of the molecule is CCCCN=C1c2ccccc2C(=O)c2ccc(NC)c(O)c21. The molecule has 0 aliphatic heterocycles. The van der Waals surface area contributed by atoms with E-state index in [1.165, 1.54) is 0 Å². The summed E-state index contributed by atoms with van der Waals surface area (Å²) in [6, 6.07) is 10.9. The maximum atomic E-state index is 12.7. The van der Waals surface area contributed by atoms with Crippen molar-refractivity contribution in [2.75, 3.05) is 18.9 Å². The van der Waals surface area contributed by atoms with E-state index in [2.05, 4.69) is 12.2 Å². The van der Waals surface area contributed by atoms with Crippen molar-refractivity contribution in [3.05, 3.63) is 58.7 Å². The number of carbonyl (C=O) groups excluding carboxylic acids is 1. The van der Waals surface area contributed by atoms with Gasteiger partial charge in [-0.1, -0.05) is 37.6 Å². The molecular weight excluding hydrogens is 288 g/mol. The molecule has 4 heteroatoms. The molecule has 118 valence electrons. The maximum absolute atomic E-state index is 12.7. The van der Waals surface area contributed by atoms with Gasteiger partial charge in [0.15, 0.2) is 5.78 Å². The number of aromatic hydroxyl groups is 1. The molecule has 23 heavy (non-hydrogen) atoms. The molecule has 0 unspecified atom stereocenters. The lowest BCUT2D eigenvalue weighted by Gasteiger charge is -2.22. The predicted molar refractivity (Wildman–Crippen MR) is 92.9 cm³/mol. The number of hydrogen-bond acceptors (Lipinski definition) is 4. The monoisotopic (exact) mass is 308 g/mol. The molecule has 1 aliphatic rings. The Labute approximate surface area is 135 Å². The fraction of sp³-hybridized carbons (Fsp3) is 0.263. The van der Waals surface area contributed by atoms with Crippen LogP contribution in [-0.4, -0.2) is 30.2 Å². The van der Waals surface area contributed by atoms with Crippen molar-refractivity contribution in [2.24, 2.45) is 4.99 Å². The number of unbranched alkanes of at least 4 members (excludes halogenated alkanes) is 1. The first-order chi connectivity index (χ1) is 11.2. The van der Waals surface area contributed by atoms with E-state index in [0.717, 1.165) is 18.4 Å². The van der Waals surface area contributed by atoms with Gasteiger partial charge < -0.3 is 10.4 Å². The second-order valence-electron chi connectivity index (χ2n) is 5.59. The Bertz CT molecular complexity index is 794. The first kappa shape index (κ1) is 15.3. The number of rotatable bonds is 4. The number of anilines is 1. The van der Waals surface area contributed by atoms with Gasteiger partial charge in [0, 0.05) is 30.3 Å². The van der Waals surface area contributed by atoms with Crippen LogP contribution in [0.25, 0.3) is 0 Å². The minimum atomic E-state index is -0.0667. The molecule has 0 bridgehead atoms. The minimum Gasteiger partial charge on any atom is -0.505 e. The van der Waals surface area contributed by atoms with Crippen LogP contribution in [0.3, 0.4) is 0 Å². The average Bonchev–Trinajstić information content (AvgIpc) is 2.58. The lowest BCUT2D eigenvalue weighted by molar-refractivity contribution is 0.103. The lowest BCUT2D eigenvalue weighted by Crippen LogP contribution is -2.22. The quantitative estimate of drug-likeness (QED) is 0.571. The van der Waals surface area contributed by atoms with Crippen molar-refractivity contribution < 1.29 is 9.90 Å². The van der Waals surface area contributed by atoms with Gasteiger partial charge in [-0.2, -0.15) is 0 Å². The van der Waals surface area contributed by atoms with Crippen molar-refractivity contribution in [2.45, 2.75) is 19.8 Å². The number of phenols is 1. The van der Waals surface area contributed by atoms with Gasteiger partial charge in [0.05, 0.1) is 17.0 Å². The Morgan fingerprint density at radius 1 is 1.09 bits per heavy atom. The third-order valence-corrected chi connectivity index (χ3v) is 4.14. The smallest absolute Gasteiger partial charge is 0.194 e. The number of nitrogens with zero attached hydrogens (tertiary/aromatic N) is 1. The highest BCUT2D eigenvalue weighted by atomic mass is 16.3. The van der Waals surface area contributed by atoms with Gasteiger partial charge in [-0.25, -0.2) is 0 Å². The van der Waals surface area contributed by atoms with Crippen LogP contribution in [0.5, 0.6) is 5.75 Å². The molecule has 2 aromatic rings. The molecule has 0 heterocycles. The normalized spacial score (nSPS) is 14.5. The molecule has 1 aliphatic carbocycles. The molecule has 0 amide bonds. The minimum absolute atomic E-state index is 0.0667. The Kier molecular flexibility index (Phi) is 4.15. The highest BCUT2D eigenvalue weighted by Gasteiger charge is 2.31. The van der Waals surface area contributed by atoms with Crippen LogP contribution in [0.2, 0.25) is 0 Å². The summed E-state index contributed by atoms with van der Waals surface area (Å²) in [6.45, 7) is 2.79. The molecule has 2 aromatic carbocycles. The topological polar surface area (TPSA) is 61.7 Å². The maximum Gasteiger partial charge on any atom is 0.194 e. The third-order valence-electron chi connectivity index (χ3n) is 4.14. The number of aliphatic imine (C=N–C) groups is 1. The van der Waals surface area contributed by atoms with Crippen LogP contribution < -0.4 is 5.32 Å². The van der Waals surface area contributed by atoms with Crippen molar-refractivity contribution >= 4 is 17.2 Å². The number of fused-ring (bicyclic) bond motifs is 2. The van der Waals surface area contributed by atoms with Crippen molar-refractivity contribution in [3.63, 3.8) is 0 Å². The predicted octanol–water partition coefficient (Wildman–Crippen LogP) is 3.62. The summed E-state index contributed by atoms with van der Waals surface area (Å²) in [4.78, 5) is 17.5. The summed E-state index contributed by atoms with van der Waals surface area (Å²) in [5.41, 5.74) is 3.79. The highest BCUT2D eigenvalue weighted by molar-refractivity contribution is 6.31. The first-order valence-electron chi connectivity index (χ1n) is 7.91. The van der Waals surface area contributed by atoms with Crippen LogP contribution in [0.1, 0.15) is 46.8 Å². The van der Waals surface area contributed by atoms with Gasteiger partial charge in [-0.3, -0.25) is 9.79 Å². The summed E-state index contributed by atoms with van der Waals surface area (Å²) in [5.74, 6) is 0.0195.